The van der Waals surface area contributed by atoms with Gasteiger partial charge in [0.05, 0.1) is 0 Å². The summed E-state index contributed by atoms with van der Waals surface area (Å²) in [6.07, 6.45) is 4.67. The number of rotatable bonds is 0. The van der Waals surface area contributed by atoms with Crippen LogP contribution in [-0.2, 0) is 12.8 Å². The molecule has 0 spiro atoms. The van der Waals surface area contributed by atoms with Crippen molar-refractivity contribution < 1.29 is 4.39 Å². The summed E-state index contributed by atoms with van der Waals surface area (Å²) in [6, 6.07) is 5.02. The predicted molar refractivity (Wildman–Crippen MR) is 75.4 cm³/mol. The topological polar surface area (TPSA) is 15.8 Å². The number of halogens is 1. The maximum Gasteiger partial charge on any atom is 0.123 e. The molecule has 0 aliphatic heterocycles. The third-order valence-corrected chi connectivity index (χ3v) is 3.40. The minimum absolute atomic E-state index is 0.137. The van der Waals surface area contributed by atoms with Crippen LogP contribution < -0.4 is 0 Å². The van der Waals surface area contributed by atoms with Crippen LogP contribution in [0.4, 0.5) is 4.39 Å². The number of hydrogen-bond acceptors (Lipinski definition) is 0. The average Bonchev–Trinajstić information content (AvgIpc) is 2.68. The van der Waals surface area contributed by atoms with Crippen LogP contribution in [0.15, 0.2) is 18.2 Å². The molecule has 2 heteroatoms. The minimum Gasteiger partial charge on any atom is -0.358 e. The number of benzene rings is 1. The minimum atomic E-state index is -0.137. The molecular formula is C16H22FN. The van der Waals surface area contributed by atoms with Crippen LogP contribution in [0.5, 0.6) is 0 Å². The van der Waals surface area contributed by atoms with Gasteiger partial charge in [0.15, 0.2) is 0 Å². The van der Waals surface area contributed by atoms with Gasteiger partial charge in [0.2, 0.25) is 0 Å². The molecule has 0 bridgehead atoms. The largest absolute Gasteiger partial charge is 0.358 e. The molecule has 2 aromatic rings. The van der Waals surface area contributed by atoms with E-state index in [1.165, 1.54) is 30.2 Å². The number of aryl methyl sites for hydroxylation is 1. The molecule has 1 aliphatic rings. The normalized spacial score (nSPS) is 18.1. The predicted octanol–water partition coefficient (Wildman–Crippen LogP) is 4.85. The lowest BCUT2D eigenvalue weighted by Crippen LogP contribution is -2.09. The summed E-state index contributed by atoms with van der Waals surface area (Å²) in [5.74, 6) is 0.585. The van der Waals surface area contributed by atoms with E-state index in [0.717, 1.165) is 29.7 Å². The first-order valence-corrected chi connectivity index (χ1v) is 6.94. The number of hydrogen-bond donors (Lipinski definition) is 1. The maximum atomic E-state index is 13.2. The van der Waals surface area contributed by atoms with Gasteiger partial charge in [0.25, 0.3) is 0 Å². The van der Waals surface area contributed by atoms with Crippen LogP contribution in [0, 0.1) is 11.7 Å². The zero-order valence-electron chi connectivity index (χ0n) is 11.5. The molecule has 1 N–H and O–H groups in total. The highest BCUT2D eigenvalue weighted by molar-refractivity contribution is 5.85. The molecule has 3 rings (SSSR count). The van der Waals surface area contributed by atoms with E-state index in [-0.39, 0.29) is 5.82 Å². The second kappa shape index (κ2) is 5.55. The van der Waals surface area contributed by atoms with Crippen LogP contribution in [0.25, 0.3) is 10.9 Å². The zero-order valence-corrected chi connectivity index (χ0v) is 11.5. The van der Waals surface area contributed by atoms with Crippen molar-refractivity contribution in [3.63, 3.8) is 0 Å². The Labute approximate surface area is 108 Å². The van der Waals surface area contributed by atoms with Gasteiger partial charge in [-0.15, -0.1) is 0 Å². The Bertz CT molecular complexity index is 527. The Balaban J connectivity index is 0.000000367. The van der Waals surface area contributed by atoms with Gasteiger partial charge in [-0.2, -0.15) is 0 Å². The number of H-pyrrole nitrogens is 1. The van der Waals surface area contributed by atoms with E-state index in [4.69, 9.17) is 0 Å². The highest BCUT2D eigenvalue weighted by Gasteiger charge is 2.19. The van der Waals surface area contributed by atoms with Crippen molar-refractivity contribution >= 4 is 10.9 Å². The summed E-state index contributed by atoms with van der Waals surface area (Å²) in [7, 11) is 0. The van der Waals surface area contributed by atoms with E-state index in [1.807, 2.05) is 6.07 Å². The van der Waals surface area contributed by atoms with E-state index in [0.29, 0.717) is 0 Å². The SMILES string of the molecule is CC1CCc2[nH]c3ccc(F)cc3c2C1.CCC. The van der Waals surface area contributed by atoms with Crippen LogP contribution >= 0.6 is 0 Å². The van der Waals surface area contributed by atoms with E-state index in [1.54, 1.807) is 6.07 Å². The summed E-state index contributed by atoms with van der Waals surface area (Å²) >= 11 is 0. The van der Waals surface area contributed by atoms with Crippen molar-refractivity contribution in [3.05, 3.63) is 35.3 Å². The molecule has 0 radical (unpaired) electrons. The summed E-state index contributed by atoms with van der Waals surface area (Å²) < 4.78 is 13.2. The Morgan fingerprint density at radius 1 is 1.33 bits per heavy atom. The van der Waals surface area contributed by atoms with Gasteiger partial charge in [0.1, 0.15) is 5.82 Å². The van der Waals surface area contributed by atoms with Gasteiger partial charge < -0.3 is 4.98 Å². The van der Waals surface area contributed by atoms with Crippen molar-refractivity contribution in [1.82, 2.24) is 4.98 Å². The van der Waals surface area contributed by atoms with E-state index >= 15 is 0 Å². The Kier molecular flexibility index (Phi) is 4.05. The third-order valence-electron chi connectivity index (χ3n) is 3.40. The maximum absolute atomic E-state index is 13.2. The van der Waals surface area contributed by atoms with Crippen molar-refractivity contribution in [2.75, 3.05) is 0 Å². The van der Waals surface area contributed by atoms with Gasteiger partial charge in [0, 0.05) is 16.6 Å². The van der Waals surface area contributed by atoms with Crippen LogP contribution in [0.3, 0.4) is 0 Å². The molecule has 1 unspecified atom stereocenters. The number of aromatic amines is 1. The van der Waals surface area contributed by atoms with E-state index in [2.05, 4.69) is 25.8 Å². The average molecular weight is 247 g/mol. The first-order valence-electron chi connectivity index (χ1n) is 6.94. The summed E-state index contributed by atoms with van der Waals surface area (Å²) in [4.78, 5) is 3.40. The fourth-order valence-electron chi connectivity index (χ4n) is 2.56. The van der Waals surface area contributed by atoms with Gasteiger partial charge in [-0.25, -0.2) is 4.39 Å². The van der Waals surface area contributed by atoms with Gasteiger partial charge in [-0.1, -0.05) is 27.2 Å². The highest BCUT2D eigenvalue weighted by atomic mass is 19.1. The molecule has 1 aromatic carbocycles. The van der Waals surface area contributed by atoms with Gasteiger partial charge in [-0.05, 0) is 48.9 Å². The van der Waals surface area contributed by atoms with E-state index in [9.17, 15) is 4.39 Å². The second-order valence-corrected chi connectivity index (χ2v) is 5.33. The fourth-order valence-corrected chi connectivity index (χ4v) is 2.56. The molecule has 1 aliphatic carbocycles. The fraction of sp³-hybridized carbons (Fsp3) is 0.500. The second-order valence-electron chi connectivity index (χ2n) is 5.33. The molecule has 98 valence electrons. The molecule has 0 fully saturated rings. The molecule has 1 aromatic heterocycles. The zero-order chi connectivity index (χ0) is 13.1. The Morgan fingerprint density at radius 3 is 2.78 bits per heavy atom. The van der Waals surface area contributed by atoms with Gasteiger partial charge in [-0.3, -0.25) is 0 Å². The monoisotopic (exact) mass is 247 g/mol. The number of fused-ring (bicyclic) bond motifs is 3. The van der Waals surface area contributed by atoms with Crippen molar-refractivity contribution in [2.24, 2.45) is 5.92 Å². The van der Waals surface area contributed by atoms with Crippen LogP contribution in [0.1, 0.15) is 44.9 Å². The molecule has 18 heavy (non-hydrogen) atoms. The number of aromatic nitrogens is 1. The lowest BCUT2D eigenvalue weighted by atomic mass is 9.88. The first kappa shape index (κ1) is 13.1. The Hall–Kier alpha value is -1.31. The standard InChI is InChI=1S/C13H14FN.C3H8/c1-8-2-4-12-10(6-8)11-7-9(14)3-5-13(11)15-12;1-3-2/h3,5,7-8,15H,2,4,6H2,1H3;3H2,1-2H3. The van der Waals surface area contributed by atoms with Crippen molar-refractivity contribution in [3.8, 4) is 0 Å². The summed E-state index contributed by atoms with van der Waals surface area (Å²) in [6.45, 7) is 6.51. The van der Waals surface area contributed by atoms with Crippen LogP contribution in [0.2, 0.25) is 0 Å². The molecule has 0 amide bonds. The van der Waals surface area contributed by atoms with Crippen LogP contribution in [-0.4, -0.2) is 4.98 Å². The first-order chi connectivity index (χ1) is 8.65. The summed E-state index contributed by atoms with van der Waals surface area (Å²) in [5, 5.41) is 1.08. The lowest BCUT2D eigenvalue weighted by molar-refractivity contribution is 0.499. The molecule has 0 saturated heterocycles. The van der Waals surface area contributed by atoms with Crippen molar-refractivity contribution in [1.29, 1.82) is 0 Å². The molecular weight excluding hydrogens is 225 g/mol. The number of nitrogens with one attached hydrogen (secondary N) is 1. The van der Waals surface area contributed by atoms with E-state index < -0.39 is 0 Å². The summed E-state index contributed by atoms with van der Waals surface area (Å²) in [5.41, 5.74) is 3.73. The molecule has 1 heterocycles. The smallest absolute Gasteiger partial charge is 0.123 e. The van der Waals surface area contributed by atoms with Crippen molar-refractivity contribution in [2.45, 2.75) is 46.5 Å². The molecule has 0 saturated carbocycles. The Morgan fingerprint density at radius 2 is 2.06 bits per heavy atom. The third kappa shape index (κ3) is 2.58. The molecule has 1 nitrogen and oxygen atoms in total. The lowest BCUT2D eigenvalue weighted by Gasteiger charge is -2.17. The highest BCUT2D eigenvalue weighted by Crippen LogP contribution is 2.31. The van der Waals surface area contributed by atoms with Gasteiger partial charge >= 0.3 is 0 Å². The molecule has 1 atom stereocenters. The quantitative estimate of drug-likeness (QED) is 0.685.